The number of allylic oxidation sites excluding steroid dienone is 1. The molecular formula is C21H26ClN3OS. The number of amidine groups is 1. The van der Waals surface area contributed by atoms with E-state index < -0.39 is 0 Å². The maximum Gasteiger partial charge on any atom is 0.266 e. The Labute approximate surface area is 171 Å². The topological polar surface area (TPSA) is 35.9 Å². The number of anilines is 1. The van der Waals surface area contributed by atoms with Crippen molar-refractivity contribution in [3.8, 4) is 0 Å². The van der Waals surface area contributed by atoms with Gasteiger partial charge in [-0.25, -0.2) is 0 Å². The summed E-state index contributed by atoms with van der Waals surface area (Å²) in [5, 5.41) is 1.42. The van der Waals surface area contributed by atoms with Crippen LogP contribution in [-0.2, 0) is 4.79 Å². The molecule has 0 atom stereocenters. The van der Waals surface area contributed by atoms with Gasteiger partial charge >= 0.3 is 0 Å². The molecular weight excluding hydrogens is 378 g/mol. The molecule has 1 saturated heterocycles. The molecule has 0 aliphatic carbocycles. The molecule has 0 spiro atoms. The average Bonchev–Trinajstić information content (AvgIpc) is 2.89. The van der Waals surface area contributed by atoms with Gasteiger partial charge in [-0.3, -0.25) is 14.7 Å². The Morgan fingerprint density at radius 3 is 2.63 bits per heavy atom. The van der Waals surface area contributed by atoms with Crippen LogP contribution in [0.3, 0.4) is 0 Å². The molecule has 1 aromatic rings. The molecule has 144 valence electrons. The molecule has 0 N–H and O–H groups in total. The summed E-state index contributed by atoms with van der Waals surface area (Å²) in [5.74, 6) is -0.00555. The van der Waals surface area contributed by atoms with Crippen molar-refractivity contribution in [2.24, 2.45) is 4.99 Å². The highest BCUT2D eigenvalue weighted by atomic mass is 35.5. The summed E-state index contributed by atoms with van der Waals surface area (Å²) in [4.78, 5) is 21.8. The molecule has 0 radical (unpaired) electrons. The van der Waals surface area contributed by atoms with E-state index in [1.807, 2.05) is 26.0 Å². The number of hydrogen-bond donors (Lipinski definition) is 0. The Morgan fingerprint density at radius 2 is 2.00 bits per heavy atom. The summed E-state index contributed by atoms with van der Waals surface area (Å²) in [7, 11) is 2.08. The summed E-state index contributed by atoms with van der Waals surface area (Å²) in [6.07, 6.45) is 4.16. The average molecular weight is 404 g/mol. The van der Waals surface area contributed by atoms with Crippen LogP contribution < -0.4 is 4.90 Å². The first-order valence-electron chi connectivity index (χ1n) is 9.22. The lowest BCUT2D eigenvalue weighted by Gasteiger charge is -2.40. The number of nitrogens with zero attached hydrogens (tertiary/aromatic N) is 3. The van der Waals surface area contributed by atoms with Gasteiger partial charge in [-0.1, -0.05) is 17.7 Å². The number of carbonyl (C=O) groups is 1. The molecule has 2 heterocycles. The molecule has 3 rings (SSSR count). The molecule has 1 aromatic carbocycles. The summed E-state index contributed by atoms with van der Waals surface area (Å²) in [5.41, 5.74) is 4.28. The molecule has 6 heteroatoms. The van der Waals surface area contributed by atoms with Crippen LogP contribution in [0.4, 0.5) is 5.69 Å². The van der Waals surface area contributed by atoms with Crippen molar-refractivity contribution in [2.75, 3.05) is 25.0 Å². The number of rotatable bonds is 3. The van der Waals surface area contributed by atoms with Gasteiger partial charge in [0.2, 0.25) is 0 Å². The van der Waals surface area contributed by atoms with E-state index in [0.717, 1.165) is 22.0 Å². The van der Waals surface area contributed by atoms with Gasteiger partial charge in [0, 0.05) is 36.4 Å². The normalized spacial score (nSPS) is 21.9. The second kappa shape index (κ2) is 7.36. The van der Waals surface area contributed by atoms with Crippen molar-refractivity contribution < 1.29 is 4.79 Å². The van der Waals surface area contributed by atoms with Crippen LogP contribution in [0.1, 0.15) is 45.7 Å². The molecule has 1 fully saturated rings. The molecule has 27 heavy (non-hydrogen) atoms. The van der Waals surface area contributed by atoms with Gasteiger partial charge in [-0.2, -0.15) is 0 Å². The van der Waals surface area contributed by atoms with Gasteiger partial charge in [0.25, 0.3) is 5.91 Å². The van der Waals surface area contributed by atoms with Crippen molar-refractivity contribution in [1.29, 1.82) is 0 Å². The Kier molecular flexibility index (Phi) is 5.46. The van der Waals surface area contributed by atoms with Crippen LogP contribution in [0, 0.1) is 0 Å². The first-order valence-corrected chi connectivity index (χ1v) is 10.4. The van der Waals surface area contributed by atoms with E-state index in [0.29, 0.717) is 23.0 Å². The molecule has 2 aliphatic rings. The maximum atomic E-state index is 12.7. The molecule has 0 aromatic heterocycles. The van der Waals surface area contributed by atoms with Gasteiger partial charge in [-0.15, -0.1) is 0 Å². The van der Waals surface area contributed by atoms with Crippen molar-refractivity contribution in [2.45, 2.75) is 40.2 Å². The molecule has 2 aliphatic heterocycles. The zero-order chi connectivity index (χ0) is 19.9. The Balaban J connectivity index is 2.05. The molecule has 0 unspecified atom stereocenters. The fourth-order valence-electron chi connectivity index (χ4n) is 3.48. The predicted molar refractivity (Wildman–Crippen MR) is 119 cm³/mol. The third-order valence-corrected chi connectivity index (χ3v) is 6.49. The van der Waals surface area contributed by atoms with Crippen molar-refractivity contribution in [3.63, 3.8) is 0 Å². The van der Waals surface area contributed by atoms with E-state index in [9.17, 15) is 4.79 Å². The van der Waals surface area contributed by atoms with E-state index in [1.54, 1.807) is 4.90 Å². The van der Waals surface area contributed by atoms with Gasteiger partial charge in [-0.05, 0) is 75.7 Å². The number of aliphatic imine (C=N–C) groups is 1. The van der Waals surface area contributed by atoms with Crippen LogP contribution in [0.15, 0.2) is 28.1 Å². The van der Waals surface area contributed by atoms with E-state index in [4.69, 9.17) is 11.6 Å². The van der Waals surface area contributed by atoms with E-state index in [-0.39, 0.29) is 11.4 Å². The predicted octanol–water partition coefficient (Wildman–Crippen LogP) is 5.28. The molecule has 0 saturated carbocycles. The van der Waals surface area contributed by atoms with Gasteiger partial charge in [0.1, 0.15) is 0 Å². The SMILES string of the molecule is CCN=C1S/C(=C/c2cc3c(cc2Cl)N(C)C(C)(C)C=C3C)C(=O)N1CC. The molecule has 4 nitrogen and oxygen atoms in total. The van der Waals surface area contributed by atoms with Crippen LogP contribution in [0.2, 0.25) is 5.02 Å². The lowest BCUT2D eigenvalue weighted by Crippen LogP contribution is -2.42. The largest absolute Gasteiger partial charge is 0.365 e. The van der Waals surface area contributed by atoms with Crippen LogP contribution in [0.25, 0.3) is 11.6 Å². The third-order valence-electron chi connectivity index (χ3n) is 5.12. The monoisotopic (exact) mass is 403 g/mol. The van der Waals surface area contributed by atoms with Crippen molar-refractivity contribution >= 4 is 51.8 Å². The smallest absolute Gasteiger partial charge is 0.266 e. The third kappa shape index (κ3) is 3.55. The minimum Gasteiger partial charge on any atom is -0.365 e. The standard InChI is InChI=1S/C21H26ClN3OS/c1-7-23-20-25(8-2)19(26)18(27-20)10-14-9-15-13(3)12-21(4,5)24(6)17(15)11-16(14)22/h9-12H,7-8H2,1-6H3/b18-10+,23-20?. The van der Waals surface area contributed by atoms with Crippen molar-refractivity contribution in [3.05, 3.63) is 39.3 Å². The minimum absolute atomic E-state index is 0.00555. The highest BCUT2D eigenvalue weighted by Crippen LogP contribution is 2.42. The minimum atomic E-state index is -0.0647. The number of hydrogen-bond acceptors (Lipinski definition) is 4. The van der Waals surface area contributed by atoms with Gasteiger partial charge in [0.15, 0.2) is 5.17 Å². The first-order chi connectivity index (χ1) is 12.7. The van der Waals surface area contributed by atoms with Gasteiger partial charge < -0.3 is 4.90 Å². The van der Waals surface area contributed by atoms with Crippen LogP contribution in [0.5, 0.6) is 0 Å². The van der Waals surface area contributed by atoms with Crippen molar-refractivity contribution in [1.82, 2.24) is 4.90 Å². The zero-order valence-corrected chi connectivity index (χ0v) is 18.3. The quantitative estimate of drug-likeness (QED) is 0.644. The number of amides is 1. The number of fused-ring (bicyclic) bond motifs is 1. The number of likely N-dealkylation sites (N-methyl/N-ethyl adjacent to an activating group) is 2. The van der Waals surface area contributed by atoms with Crippen LogP contribution >= 0.6 is 23.4 Å². The fourth-order valence-corrected chi connectivity index (χ4v) is 4.79. The highest BCUT2D eigenvalue weighted by molar-refractivity contribution is 8.18. The summed E-state index contributed by atoms with van der Waals surface area (Å²) < 4.78 is 0. The summed E-state index contributed by atoms with van der Waals surface area (Å²) in [6.45, 7) is 11.7. The zero-order valence-electron chi connectivity index (χ0n) is 16.8. The Bertz CT molecular complexity index is 886. The second-order valence-electron chi connectivity index (χ2n) is 7.35. The molecule has 0 bridgehead atoms. The number of benzene rings is 1. The molecule has 1 amide bonds. The number of halogens is 1. The number of thioether (sulfide) groups is 1. The second-order valence-corrected chi connectivity index (χ2v) is 8.76. The van der Waals surface area contributed by atoms with Gasteiger partial charge in [0.05, 0.1) is 10.4 Å². The summed E-state index contributed by atoms with van der Waals surface area (Å²) >= 11 is 8.03. The maximum absolute atomic E-state index is 12.7. The Hall–Kier alpha value is -1.72. The lowest BCUT2D eigenvalue weighted by atomic mass is 9.88. The fraction of sp³-hybridized carbons (Fsp3) is 0.429. The van der Waals surface area contributed by atoms with E-state index >= 15 is 0 Å². The lowest BCUT2D eigenvalue weighted by molar-refractivity contribution is -0.122. The summed E-state index contributed by atoms with van der Waals surface area (Å²) in [6, 6.07) is 4.09. The van der Waals surface area contributed by atoms with Crippen LogP contribution in [-0.4, -0.2) is 41.7 Å². The number of carbonyl (C=O) groups excluding carboxylic acids is 1. The van der Waals surface area contributed by atoms with E-state index in [2.05, 4.69) is 49.9 Å². The first kappa shape index (κ1) is 20.0. The highest BCUT2D eigenvalue weighted by Gasteiger charge is 2.33. The van der Waals surface area contributed by atoms with E-state index in [1.165, 1.54) is 17.3 Å². The Morgan fingerprint density at radius 1 is 1.30 bits per heavy atom.